The number of anilines is 1. The zero-order valence-electron chi connectivity index (χ0n) is 16.8. The summed E-state index contributed by atoms with van der Waals surface area (Å²) in [5, 5.41) is 3.45. The summed E-state index contributed by atoms with van der Waals surface area (Å²) in [6, 6.07) is 5.06. The molecule has 0 radical (unpaired) electrons. The molecular weight excluding hydrogens is 396 g/mol. The predicted octanol–water partition coefficient (Wildman–Crippen LogP) is 2.80. The van der Waals surface area contributed by atoms with Gasteiger partial charge in [-0.05, 0) is 37.0 Å². The summed E-state index contributed by atoms with van der Waals surface area (Å²) in [5.41, 5.74) is 0.568. The molecule has 1 saturated carbocycles. The van der Waals surface area contributed by atoms with Gasteiger partial charge in [0.25, 0.3) is 0 Å². The lowest BCUT2D eigenvalue weighted by molar-refractivity contribution is -0.148. The van der Waals surface area contributed by atoms with Gasteiger partial charge in [-0.2, -0.15) is 0 Å². The highest BCUT2D eigenvalue weighted by Gasteiger charge is 2.37. The third kappa shape index (κ3) is 4.83. The van der Waals surface area contributed by atoms with E-state index >= 15 is 0 Å². The zero-order valence-corrected chi connectivity index (χ0v) is 17.5. The van der Waals surface area contributed by atoms with Crippen molar-refractivity contribution in [3.63, 3.8) is 0 Å². The number of halogens is 1. The van der Waals surface area contributed by atoms with Crippen molar-refractivity contribution < 1.29 is 23.9 Å². The molecule has 8 heteroatoms. The van der Waals surface area contributed by atoms with Crippen LogP contribution in [0.15, 0.2) is 18.2 Å². The van der Waals surface area contributed by atoms with Crippen LogP contribution in [-0.2, 0) is 19.1 Å². The second-order valence-corrected chi connectivity index (χ2v) is 8.08. The minimum absolute atomic E-state index is 0.0707. The van der Waals surface area contributed by atoms with E-state index in [9.17, 15) is 14.4 Å². The largest absolute Gasteiger partial charge is 0.495 e. The average Bonchev–Trinajstić information content (AvgIpc) is 3.13. The lowest BCUT2D eigenvalue weighted by Gasteiger charge is -2.29. The molecule has 7 nitrogen and oxygen atoms in total. The van der Waals surface area contributed by atoms with Gasteiger partial charge in [-0.3, -0.25) is 14.4 Å². The first-order valence-electron chi connectivity index (χ1n) is 9.94. The fourth-order valence-corrected chi connectivity index (χ4v) is 4.45. The van der Waals surface area contributed by atoms with Gasteiger partial charge in [-0.15, -0.1) is 0 Å². The number of esters is 1. The number of nitrogens with zero attached hydrogens (tertiary/aromatic N) is 1. The van der Waals surface area contributed by atoms with Crippen LogP contribution in [0, 0.1) is 17.8 Å². The Balaban J connectivity index is 1.62. The fraction of sp³-hybridized carbons (Fsp3) is 0.571. The quantitative estimate of drug-likeness (QED) is 0.712. The summed E-state index contributed by atoms with van der Waals surface area (Å²) in [5.74, 6) is -0.544. The molecule has 158 valence electrons. The molecule has 1 N–H and O–H groups in total. The highest BCUT2D eigenvalue weighted by molar-refractivity contribution is 6.31. The highest BCUT2D eigenvalue weighted by Crippen LogP contribution is 2.35. The van der Waals surface area contributed by atoms with Crippen molar-refractivity contribution in [3.8, 4) is 5.75 Å². The van der Waals surface area contributed by atoms with E-state index in [1.165, 1.54) is 14.2 Å². The average molecular weight is 423 g/mol. The molecule has 3 atom stereocenters. The number of carbonyl (C=O) groups is 3. The van der Waals surface area contributed by atoms with Crippen LogP contribution in [-0.4, -0.2) is 45.1 Å². The van der Waals surface area contributed by atoms with E-state index in [1.807, 2.05) is 0 Å². The number of nitrogens with one attached hydrogen (secondary N) is 1. The topological polar surface area (TPSA) is 84.9 Å². The molecule has 2 amide bonds. The molecule has 2 fully saturated rings. The molecule has 1 aliphatic heterocycles. The monoisotopic (exact) mass is 422 g/mol. The third-order valence-corrected chi connectivity index (χ3v) is 6.11. The molecule has 0 spiro atoms. The molecule has 0 aromatic heterocycles. The van der Waals surface area contributed by atoms with Gasteiger partial charge < -0.3 is 19.7 Å². The van der Waals surface area contributed by atoms with Crippen LogP contribution in [0.4, 0.5) is 5.69 Å². The van der Waals surface area contributed by atoms with Crippen molar-refractivity contribution in [2.24, 2.45) is 17.8 Å². The van der Waals surface area contributed by atoms with E-state index in [0.29, 0.717) is 23.0 Å². The van der Waals surface area contributed by atoms with E-state index in [4.69, 9.17) is 21.1 Å². The first-order valence-corrected chi connectivity index (χ1v) is 10.3. The van der Waals surface area contributed by atoms with Crippen LogP contribution in [0.5, 0.6) is 5.75 Å². The van der Waals surface area contributed by atoms with Crippen molar-refractivity contribution in [2.45, 2.75) is 32.1 Å². The predicted molar refractivity (Wildman–Crippen MR) is 109 cm³/mol. The molecule has 29 heavy (non-hydrogen) atoms. The Morgan fingerprint density at radius 2 is 2.00 bits per heavy atom. The van der Waals surface area contributed by atoms with Gasteiger partial charge in [-0.25, -0.2) is 0 Å². The zero-order chi connectivity index (χ0) is 21.0. The molecule has 3 rings (SSSR count). The third-order valence-electron chi connectivity index (χ3n) is 5.88. The van der Waals surface area contributed by atoms with Crippen molar-refractivity contribution in [3.05, 3.63) is 23.2 Å². The van der Waals surface area contributed by atoms with E-state index in [2.05, 4.69) is 5.32 Å². The highest BCUT2D eigenvalue weighted by atomic mass is 35.5. The summed E-state index contributed by atoms with van der Waals surface area (Å²) in [4.78, 5) is 38.8. The summed E-state index contributed by atoms with van der Waals surface area (Å²) in [7, 11) is 2.93. The molecule has 1 aliphatic carbocycles. The van der Waals surface area contributed by atoms with Crippen LogP contribution in [0.3, 0.4) is 0 Å². The van der Waals surface area contributed by atoms with E-state index in [1.54, 1.807) is 23.1 Å². The molecular formula is C21H27ClN2O5. The Bertz CT molecular complexity index is 784. The lowest BCUT2D eigenvalue weighted by atomic mass is 9.79. The lowest BCUT2D eigenvalue weighted by Crippen LogP contribution is -2.40. The summed E-state index contributed by atoms with van der Waals surface area (Å²) >= 11 is 6.08. The molecule has 2 aliphatic rings. The Morgan fingerprint density at radius 3 is 2.72 bits per heavy atom. The fourth-order valence-electron chi connectivity index (χ4n) is 4.28. The van der Waals surface area contributed by atoms with Gasteiger partial charge in [0.2, 0.25) is 11.8 Å². The Kier molecular flexibility index (Phi) is 7.00. The molecule has 0 bridgehead atoms. The maximum atomic E-state index is 12.7. The number of hydrogen-bond donors (Lipinski definition) is 1. The summed E-state index contributed by atoms with van der Waals surface area (Å²) in [6.45, 7) is 0.691. The maximum Gasteiger partial charge on any atom is 0.309 e. The Labute approximate surface area is 175 Å². The molecule has 1 saturated heterocycles. The van der Waals surface area contributed by atoms with Crippen LogP contribution >= 0.6 is 11.6 Å². The van der Waals surface area contributed by atoms with Crippen LogP contribution in [0.2, 0.25) is 5.02 Å². The molecule has 1 aromatic carbocycles. The number of methoxy groups -OCH3 is 2. The number of benzene rings is 1. The summed E-state index contributed by atoms with van der Waals surface area (Å²) in [6.07, 6.45) is 3.84. The molecule has 3 unspecified atom stereocenters. The van der Waals surface area contributed by atoms with Gasteiger partial charge in [0.15, 0.2) is 0 Å². The first kappa shape index (κ1) is 21.4. The van der Waals surface area contributed by atoms with Gasteiger partial charge in [0, 0.05) is 24.5 Å². The smallest absolute Gasteiger partial charge is 0.309 e. The molecule has 1 heterocycles. The number of carbonyl (C=O) groups excluding carboxylic acids is 3. The van der Waals surface area contributed by atoms with Crippen molar-refractivity contribution in [1.29, 1.82) is 0 Å². The second kappa shape index (κ2) is 9.48. The van der Waals surface area contributed by atoms with E-state index in [-0.39, 0.29) is 42.6 Å². The number of amides is 2. The maximum absolute atomic E-state index is 12.7. The van der Waals surface area contributed by atoms with Gasteiger partial charge >= 0.3 is 5.97 Å². The standard InChI is InChI=1S/C21H27ClN2O5/c1-28-18-8-7-15(22)10-17(18)24-12-14(9-19(24)25)20(26)23-11-13-5-3-4-6-16(13)21(27)29-2/h7-8,10,13-14,16H,3-6,9,11-12H2,1-2H3,(H,23,26). The van der Waals surface area contributed by atoms with Crippen LogP contribution in [0.25, 0.3) is 0 Å². The van der Waals surface area contributed by atoms with Crippen LogP contribution in [0.1, 0.15) is 32.1 Å². The Morgan fingerprint density at radius 1 is 1.24 bits per heavy atom. The molecule has 1 aromatic rings. The number of ether oxygens (including phenoxy) is 2. The number of hydrogen-bond acceptors (Lipinski definition) is 5. The van der Waals surface area contributed by atoms with E-state index in [0.717, 1.165) is 25.7 Å². The normalized spacial score (nSPS) is 24.3. The number of rotatable bonds is 6. The minimum atomic E-state index is -0.452. The Hall–Kier alpha value is -2.28. The summed E-state index contributed by atoms with van der Waals surface area (Å²) < 4.78 is 10.2. The minimum Gasteiger partial charge on any atom is -0.495 e. The van der Waals surface area contributed by atoms with Crippen molar-refractivity contribution >= 4 is 35.1 Å². The van der Waals surface area contributed by atoms with Crippen molar-refractivity contribution in [2.75, 3.05) is 32.2 Å². The van der Waals surface area contributed by atoms with E-state index < -0.39 is 5.92 Å². The van der Waals surface area contributed by atoms with Crippen molar-refractivity contribution in [1.82, 2.24) is 5.32 Å². The second-order valence-electron chi connectivity index (χ2n) is 7.64. The van der Waals surface area contributed by atoms with Gasteiger partial charge in [0.1, 0.15) is 5.75 Å². The van der Waals surface area contributed by atoms with Gasteiger partial charge in [-0.1, -0.05) is 24.4 Å². The first-order chi connectivity index (χ1) is 13.9. The van der Waals surface area contributed by atoms with Crippen LogP contribution < -0.4 is 15.0 Å². The van der Waals surface area contributed by atoms with Gasteiger partial charge in [0.05, 0.1) is 31.7 Å². The SMILES string of the molecule is COC(=O)C1CCCCC1CNC(=O)C1CC(=O)N(c2cc(Cl)ccc2OC)C1.